The number of carbonyl (C=O) groups excluding carboxylic acids is 1. The molecule has 2 rings (SSSR count). The molecular formula is C15H16F3N3OS. The Bertz CT molecular complexity index is 683. The number of nitrogens with zero attached hydrogens (tertiary/aromatic N) is 1. The van der Waals surface area contributed by atoms with Crippen molar-refractivity contribution in [2.75, 3.05) is 14.1 Å². The molecule has 1 atom stereocenters. The Morgan fingerprint density at radius 1 is 1.30 bits per heavy atom. The smallest absolute Gasteiger partial charge is 0.351 e. The van der Waals surface area contributed by atoms with Gasteiger partial charge in [0.05, 0.1) is 17.2 Å². The van der Waals surface area contributed by atoms with Crippen LogP contribution in [0.25, 0.3) is 0 Å². The van der Waals surface area contributed by atoms with Gasteiger partial charge in [0.25, 0.3) is 5.91 Å². The quantitative estimate of drug-likeness (QED) is 0.810. The summed E-state index contributed by atoms with van der Waals surface area (Å²) in [4.78, 5) is 13.8. The maximum atomic E-state index is 12.9. The topological polar surface area (TPSA) is 44.4 Å². The molecule has 0 bridgehead atoms. The molecule has 4 nitrogen and oxygen atoms in total. The number of thiocarbonyl (C=S) groups is 1. The summed E-state index contributed by atoms with van der Waals surface area (Å²) in [6.07, 6.45) is -4.45. The summed E-state index contributed by atoms with van der Waals surface area (Å²) in [5.74, 6) is -0.299. The number of allylic oxidation sites excluding steroid dienone is 1. The molecule has 23 heavy (non-hydrogen) atoms. The van der Waals surface area contributed by atoms with E-state index in [9.17, 15) is 18.0 Å². The molecule has 0 aromatic heterocycles. The van der Waals surface area contributed by atoms with Crippen LogP contribution >= 0.6 is 12.2 Å². The molecule has 124 valence electrons. The summed E-state index contributed by atoms with van der Waals surface area (Å²) in [5, 5.41) is 5.98. The van der Waals surface area contributed by atoms with Gasteiger partial charge in [0.1, 0.15) is 0 Å². The summed E-state index contributed by atoms with van der Waals surface area (Å²) in [6, 6.07) is 4.14. The van der Waals surface area contributed by atoms with E-state index in [0.29, 0.717) is 16.8 Å². The predicted molar refractivity (Wildman–Crippen MR) is 84.4 cm³/mol. The molecule has 1 aliphatic heterocycles. The fraction of sp³-hybridized carbons (Fsp3) is 0.333. The summed E-state index contributed by atoms with van der Waals surface area (Å²) in [5.41, 5.74) is 0.418. The number of halogens is 3. The molecule has 0 spiro atoms. The largest absolute Gasteiger partial charge is 0.416 e. The summed E-state index contributed by atoms with van der Waals surface area (Å²) in [6.45, 7) is 1.67. The predicted octanol–water partition coefficient (Wildman–Crippen LogP) is 2.59. The van der Waals surface area contributed by atoms with Gasteiger partial charge in [0, 0.05) is 19.8 Å². The van der Waals surface area contributed by atoms with Crippen molar-refractivity contribution in [3.8, 4) is 0 Å². The zero-order chi connectivity index (χ0) is 17.4. The first-order chi connectivity index (χ1) is 10.6. The van der Waals surface area contributed by atoms with Crippen LogP contribution in [0.15, 0.2) is 35.5 Å². The second-order valence-corrected chi connectivity index (χ2v) is 5.80. The van der Waals surface area contributed by atoms with E-state index in [4.69, 9.17) is 12.2 Å². The average molecular weight is 343 g/mol. The highest BCUT2D eigenvalue weighted by molar-refractivity contribution is 7.80. The third-order valence-corrected chi connectivity index (χ3v) is 3.67. The third kappa shape index (κ3) is 3.64. The van der Waals surface area contributed by atoms with Gasteiger partial charge in [-0.3, -0.25) is 4.79 Å². The molecular weight excluding hydrogens is 327 g/mol. The van der Waals surface area contributed by atoms with E-state index in [1.54, 1.807) is 21.0 Å². The molecule has 1 aliphatic rings. The number of carbonyl (C=O) groups is 1. The van der Waals surface area contributed by atoms with Crippen LogP contribution < -0.4 is 10.6 Å². The van der Waals surface area contributed by atoms with Crippen molar-refractivity contribution in [1.82, 2.24) is 15.5 Å². The van der Waals surface area contributed by atoms with Gasteiger partial charge in [-0.1, -0.05) is 12.1 Å². The van der Waals surface area contributed by atoms with Gasteiger partial charge in [-0.2, -0.15) is 13.2 Å². The van der Waals surface area contributed by atoms with Crippen molar-refractivity contribution < 1.29 is 18.0 Å². The monoisotopic (exact) mass is 343 g/mol. The van der Waals surface area contributed by atoms with E-state index in [1.807, 2.05) is 0 Å². The van der Waals surface area contributed by atoms with E-state index >= 15 is 0 Å². The number of alkyl halides is 3. The highest BCUT2D eigenvalue weighted by Crippen LogP contribution is 2.33. The van der Waals surface area contributed by atoms with Gasteiger partial charge in [0.15, 0.2) is 5.11 Å². The first kappa shape index (κ1) is 17.3. The van der Waals surface area contributed by atoms with Crippen LogP contribution in [-0.2, 0) is 11.0 Å². The number of hydrogen-bond acceptors (Lipinski definition) is 2. The number of rotatable bonds is 2. The van der Waals surface area contributed by atoms with Crippen molar-refractivity contribution in [3.05, 3.63) is 46.7 Å². The summed E-state index contributed by atoms with van der Waals surface area (Å²) in [7, 11) is 3.16. The number of likely N-dealkylation sites (N-methyl/N-ethyl adjacent to an activating group) is 1. The second-order valence-electron chi connectivity index (χ2n) is 5.39. The van der Waals surface area contributed by atoms with Crippen molar-refractivity contribution in [1.29, 1.82) is 0 Å². The lowest BCUT2D eigenvalue weighted by Crippen LogP contribution is -2.46. The molecule has 8 heteroatoms. The van der Waals surface area contributed by atoms with Crippen molar-refractivity contribution in [3.63, 3.8) is 0 Å². The first-order valence-electron chi connectivity index (χ1n) is 6.78. The van der Waals surface area contributed by atoms with E-state index in [1.165, 1.54) is 17.0 Å². The summed E-state index contributed by atoms with van der Waals surface area (Å²) < 4.78 is 38.8. The van der Waals surface area contributed by atoms with Crippen LogP contribution in [0.3, 0.4) is 0 Å². The van der Waals surface area contributed by atoms with Gasteiger partial charge in [0.2, 0.25) is 0 Å². The Kier molecular flexibility index (Phi) is 4.65. The van der Waals surface area contributed by atoms with Crippen LogP contribution in [0.4, 0.5) is 13.2 Å². The molecule has 1 heterocycles. The molecule has 1 aromatic carbocycles. The van der Waals surface area contributed by atoms with Crippen molar-refractivity contribution in [2.24, 2.45) is 0 Å². The Labute approximate surface area is 137 Å². The third-order valence-electron chi connectivity index (χ3n) is 3.45. The Morgan fingerprint density at radius 3 is 2.52 bits per heavy atom. The summed E-state index contributed by atoms with van der Waals surface area (Å²) >= 11 is 5.07. The number of amides is 1. The molecule has 1 aromatic rings. The number of hydrogen-bond donors (Lipinski definition) is 2. The van der Waals surface area contributed by atoms with E-state index in [0.717, 1.165) is 12.1 Å². The Morgan fingerprint density at radius 2 is 1.96 bits per heavy atom. The van der Waals surface area contributed by atoms with Gasteiger partial charge in [-0.15, -0.1) is 0 Å². The van der Waals surface area contributed by atoms with Crippen molar-refractivity contribution >= 4 is 23.2 Å². The Hall–Kier alpha value is -2.09. The highest BCUT2D eigenvalue weighted by Gasteiger charge is 2.34. The Balaban J connectivity index is 2.53. The van der Waals surface area contributed by atoms with Crippen LogP contribution in [0.1, 0.15) is 24.1 Å². The first-order valence-corrected chi connectivity index (χ1v) is 7.19. The van der Waals surface area contributed by atoms with Crippen LogP contribution in [0.2, 0.25) is 0 Å². The normalized spacial score (nSPS) is 18.3. The minimum Gasteiger partial charge on any atom is -0.351 e. The lowest BCUT2D eigenvalue weighted by Gasteiger charge is -2.31. The zero-order valence-corrected chi connectivity index (χ0v) is 13.6. The van der Waals surface area contributed by atoms with Crippen molar-refractivity contribution in [2.45, 2.75) is 19.1 Å². The zero-order valence-electron chi connectivity index (χ0n) is 12.8. The number of nitrogens with one attached hydrogen (secondary N) is 2. The lowest BCUT2D eigenvalue weighted by atomic mass is 9.93. The molecule has 0 unspecified atom stereocenters. The molecule has 0 fully saturated rings. The molecule has 0 saturated carbocycles. The van der Waals surface area contributed by atoms with Gasteiger partial charge in [-0.05, 0) is 36.8 Å². The van der Waals surface area contributed by atoms with E-state index in [2.05, 4.69) is 10.6 Å². The molecule has 2 N–H and O–H groups in total. The van der Waals surface area contributed by atoms with Gasteiger partial charge in [-0.25, -0.2) is 0 Å². The lowest BCUT2D eigenvalue weighted by molar-refractivity contribution is -0.137. The van der Waals surface area contributed by atoms with E-state index in [-0.39, 0.29) is 11.0 Å². The van der Waals surface area contributed by atoms with Gasteiger partial charge >= 0.3 is 6.18 Å². The average Bonchev–Trinajstić information content (AvgIpc) is 2.45. The fourth-order valence-electron chi connectivity index (χ4n) is 2.36. The van der Waals surface area contributed by atoms with Crippen LogP contribution in [0.5, 0.6) is 0 Å². The van der Waals surface area contributed by atoms with E-state index < -0.39 is 17.8 Å². The molecule has 0 radical (unpaired) electrons. The van der Waals surface area contributed by atoms with Crippen LogP contribution in [-0.4, -0.2) is 30.0 Å². The minimum atomic E-state index is -4.45. The van der Waals surface area contributed by atoms with Gasteiger partial charge < -0.3 is 15.5 Å². The molecule has 0 saturated heterocycles. The number of benzene rings is 1. The minimum absolute atomic E-state index is 0.264. The second kappa shape index (κ2) is 6.19. The maximum Gasteiger partial charge on any atom is 0.416 e. The van der Waals surface area contributed by atoms with Crippen LogP contribution in [0, 0.1) is 0 Å². The molecule has 0 aliphatic carbocycles. The fourth-order valence-corrected chi connectivity index (χ4v) is 2.63. The highest BCUT2D eigenvalue weighted by atomic mass is 32.1. The standard InChI is InChI=1S/C15H16F3N3OS/c1-8-11(13(22)21(2)3)12(20-14(23)19-8)9-5-4-6-10(7-9)15(16,17)18/h4-7,12H,1-3H3,(H2,19,20,23)/t12-/m1/s1. The maximum absolute atomic E-state index is 12.9. The SMILES string of the molecule is CC1=C(C(=O)N(C)C)[C@@H](c2cccc(C(F)(F)F)c2)NC(=S)N1. The molecule has 1 amide bonds.